The number of nitrogens with one attached hydrogen (secondary N) is 1. The van der Waals surface area contributed by atoms with Gasteiger partial charge in [0.2, 0.25) is 5.91 Å². The average Bonchev–Trinajstić information content (AvgIpc) is 2.66. The van der Waals surface area contributed by atoms with Crippen LogP contribution in [0.15, 0.2) is 36.5 Å². The van der Waals surface area contributed by atoms with Crippen molar-refractivity contribution < 1.29 is 19.0 Å². The molecule has 6 nitrogen and oxygen atoms in total. The first-order chi connectivity index (χ1) is 12.7. The number of hydrogen-bond donors (Lipinski definition) is 1. The van der Waals surface area contributed by atoms with Crippen molar-refractivity contribution in [1.29, 1.82) is 0 Å². The van der Waals surface area contributed by atoms with Crippen molar-refractivity contribution >= 4 is 11.7 Å². The summed E-state index contributed by atoms with van der Waals surface area (Å²) in [6.45, 7) is 3.47. The molecule has 2 heterocycles. The van der Waals surface area contributed by atoms with Crippen LogP contribution in [-0.2, 0) is 22.4 Å². The highest BCUT2D eigenvalue weighted by molar-refractivity contribution is 5.92. The maximum Gasteiger partial charge on any atom is 0.232 e. The fraction of sp³-hybridized carbons (Fsp3) is 0.400. The molecule has 6 heteroatoms. The molecule has 26 heavy (non-hydrogen) atoms. The molecule has 1 amide bonds. The van der Waals surface area contributed by atoms with Gasteiger partial charge in [0.25, 0.3) is 0 Å². The predicted octanol–water partition coefficient (Wildman–Crippen LogP) is 2.86. The molecule has 1 aliphatic rings. The molecule has 0 spiro atoms. The Labute approximate surface area is 153 Å². The molecular formula is C20H24N2O4. The second-order valence-electron chi connectivity index (χ2n) is 6.17. The van der Waals surface area contributed by atoms with Crippen LogP contribution in [0.5, 0.6) is 11.5 Å². The quantitative estimate of drug-likeness (QED) is 0.826. The molecule has 1 aliphatic heterocycles. The molecule has 1 aromatic carbocycles. The zero-order valence-corrected chi connectivity index (χ0v) is 15.2. The first kappa shape index (κ1) is 18.2. The summed E-state index contributed by atoms with van der Waals surface area (Å²) in [6, 6.07) is 9.58. The molecule has 1 N–H and O–H groups in total. The highest BCUT2D eigenvalue weighted by Gasteiger charge is 2.28. The van der Waals surface area contributed by atoms with E-state index in [1.165, 1.54) is 0 Å². The number of carbonyl (C=O) groups is 1. The van der Waals surface area contributed by atoms with Crippen LogP contribution in [0.2, 0.25) is 0 Å². The van der Waals surface area contributed by atoms with Gasteiger partial charge in [0, 0.05) is 13.3 Å². The van der Waals surface area contributed by atoms with E-state index < -0.39 is 0 Å². The van der Waals surface area contributed by atoms with E-state index >= 15 is 0 Å². The number of amides is 1. The summed E-state index contributed by atoms with van der Waals surface area (Å²) in [5.41, 5.74) is 2.06. The number of pyridine rings is 1. The lowest BCUT2D eigenvalue weighted by Crippen LogP contribution is -2.33. The van der Waals surface area contributed by atoms with Gasteiger partial charge < -0.3 is 19.5 Å². The van der Waals surface area contributed by atoms with Crippen molar-refractivity contribution in [3.63, 3.8) is 0 Å². The third-order valence-corrected chi connectivity index (χ3v) is 4.30. The van der Waals surface area contributed by atoms with Crippen molar-refractivity contribution in [1.82, 2.24) is 4.98 Å². The van der Waals surface area contributed by atoms with Gasteiger partial charge in [-0.15, -0.1) is 0 Å². The van der Waals surface area contributed by atoms with Crippen LogP contribution >= 0.6 is 0 Å². The number of ether oxygens (including phenoxy) is 3. The summed E-state index contributed by atoms with van der Waals surface area (Å²) < 4.78 is 16.5. The Balaban J connectivity index is 1.66. The molecule has 0 saturated carbocycles. The highest BCUT2D eigenvalue weighted by Crippen LogP contribution is 2.36. The Bertz CT molecular complexity index is 763. The first-order valence-corrected chi connectivity index (χ1v) is 8.83. The monoisotopic (exact) mass is 356 g/mol. The second kappa shape index (κ2) is 8.67. The summed E-state index contributed by atoms with van der Waals surface area (Å²) in [7, 11) is 1.67. The summed E-state index contributed by atoms with van der Waals surface area (Å²) in [6.07, 6.45) is 3.09. The van der Waals surface area contributed by atoms with E-state index in [1.807, 2.05) is 37.3 Å². The fourth-order valence-corrected chi connectivity index (χ4v) is 2.98. The first-order valence-electron chi connectivity index (χ1n) is 8.83. The number of aromatic nitrogens is 1. The third kappa shape index (κ3) is 4.32. The van der Waals surface area contributed by atoms with E-state index in [0.717, 1.165) is 29.0 Å². The van der Waals surface area contributed by atoms with Crippen molar-refractivity contribution in [2.75, 3.05) is 32.2 Å². The molecule has 0 saturated heterocycles. The van der Waals surface area contributed by atoms with Crippen LogP contribution in [0.25, 0.3) is 0 Å². The Morgan fingerprint density at radius 1 is 1.38 bits per heavy atom. The van der Waals surface area contributed by atoms with Gasteiger partial charge in [-0.3, -0.25) is 4.79 Å². The number of anilines is 1. The topological polar surface area (TPSA) is 69.7 Å². The number of nitrogens with zero attached hydrogens (tertiary/aromatic N) is 1. The van der Waals surface area contributed by atoms with Gasteiger partial charge in [0.15, 0.2) is 11.5 Å². The van der Waals surface area contributed by atoms with Crippen molar-refractivity contribution in [2.45, 2.75) is 19.8 Å². The molecule has 1 atom stereocenters. The zero-order valence-electron chi connectivity index (χ0n) is 15.2. The van der Waals surface area contributed by atoms with Gasteiger partial charge in [0.1, 0.15) is 12.4 Å². The standard InChI is InChI=1S/C20H24N2O4/c1-3-25-17-6-4-5-15-12-16(13-26-19(15)17)20(23)22-18-11-14(7-9-21-18)8-10-24-2/h4-7,9,11,16H,3,8,10,12-13H2,1-2H3,(H,21,22,23). The summed E-state index contributed by atoms with van der Waals surface area (Å²) in [4.78, 5) is 16.9. The van der Waals surface area contributed by atoms with E-state index in [9.17, 15) is 4.79 Å². The summed E-state index contributed by atoms with van der Waals surface area (Å²) in [5, 5.41) is 2.90. The van der Waals surface area contributed by atoms with Crippen LogP contribution in [0.3, 0.4) is 0 Å². The van der Waals surface area contributed by atoms with Gasteiger partial charge in [-0.1, -0.05) is 12.1 Å². The van der Waals surface area contributed by atoms with Crippen molar-refractivity contribution in [3.8, 4) is 11.5 Å². The summed E-state index contributed by atoms with van der Waals surface area (Å²) >= 11 is 0. The Morgan fingerprint density at radius 2 is 2.27 bits per heavy atom. The SMILES string of the molecule is CCOc1cccc2c1OCC(C(=O)Nc1cc(CCOC)ccn1)C2. The van der Waals surface area contributed by atoms with Crippen LogP contribution < -0.4 is 14.8 Å². The van der Waals surface area contributed by atoms with Crippen molar-refractivity contribution in [3.05, 3.63) is 47.7 Å². The molecule has 1 aromatic heterocycles. The van der Waals surface area contributed by atoms with E-state index in [-0.39, 0.29) is 11.8 Å². The van der Waals surface area contributed by atoms with Crippen LogP contribution in [-0.4, -0.2) is 37.8 Å². The maximum atomic E-state index is 12.6. The lowest BCUT2D eigenvalue weighted by Gasteiger charge is -2.26. The number of para-hydroxylation sites is 1. The fourth-order valence-electron chi connectivity index (χ4n) is 2.98. The minimum Gasteiger partial charge on any atom is -0.490 e. The molecule has 0 radical (unpaired) electrons. The molecule has 0 aliphatic carbocycles. The molecule has 0 fully saturated rings. The smallest absolute Gasteiger partial charge is 0.232 e. The van der Waals surface area contributed by atoms with Crippen LogP contribution in [0.4, 0.5) is 5.82 Å². The van der Waals surface area contributed by atoms with Gasteiger partial charge in [-0.25, -0.2) is 4.98 Å². The Hall–Kier alpha value is -2.60. The normalized spacial score (nSPS) is 15.7. The molecule has 0 bridgehead atoms. The molecule has 3 rings (SSSR count). The Kier molecular flexibility index (Phi) is 6.07. The van der Waals surface area contributed by atoms with Gasteiger partial charge >= 0.3 is 0 Å². The predicted molar refractivity (Wildman–Crippen MR) is 98.7 cm³/mol. The summed E-state index contributed by atoms with van der Waals surface area (Å²) in [5.74, 6) is 1.68. The Morgan fingerprint density at radius 3 is 3.08 bits per heavy atom. The zero-order chi connectivity index (χ0) is 18.4. The largest absolute Gasteiger partial charge is 0.490 e. The number of fused-ring (bicyclic) bond motifs is 1. The number of methoxy groups -OCH3 is 1. The second-order valence-corrected chi connectivity index (χ2v) is 6.17. The number of benzene rings is 1. The minimum atomic E-state index is -0.260. The number of carbonyl (C=O) groups excluding carboxylic acids is 1. The number of hydrogen-bond acceptors (Lipinski definition) is 5. The van der Waals surface area contributed by atoms with Crippen LogP contribution in [0, 0.1) is 5.92 Å². The van der Waals surface area contributed by atoms with Gasteiger partial charge in [-0.2, -0.15) is 0 Å². The molecule has 2 aromatic rings. The third-order valence-electron chi connectivity index (χ3n) is 4.30. The van der Waals surface area contributed by atoms with E-state index in [4.69, 9.17) is 14.2 Å². The van der Waals surface area contributed by atoms with E-state index in [1.54, 1.807) is 13.3 Å². The average molecular weight is 356 g/mol. The lowest BCUT2D eigenvalue weighted by atomic mass is 9.95. The molecule has 1 unspecified atom stereocenters. The van der Waals surface area contributed by atoms with Crippen molar-refractivity contribution in [2.24, 2.45) is 5.92 Å². The lowest BCUT2D eigenvalue weighted by molar-refractivity contribution is -0.121. The highest BCUT2D eigenvalue weighted by atomic mass is 16.5. The minimum absolute atomic E-state index is 0.0890. The number of rotatable bonds is 7. The van der Waals surface area contributed by atoms with Gasteiger partial charge in [0.05, 0.1) is 19.1 Å². The van der Waals surface area contributed by atoms with Gasteiger partial charge in [-0.05, 0) is 49.1 Å². The molecular weight excluding hydrogens is 332 g/mol. The van der Waals surface area contributed by atoms with E-state index in [0.29, 0.717) is 32.1 Å². The molecule has 138 valence electrons. The maximum absolute atomic E-state index is 12.6. The van der Waals surface area contributed by atoms with Crippen LogP contribution in [0.1, 0.15) is 18.1 Å². The van der Waals surface area contributed by atoms with E-state index in [2.05, 4.69) is 10.3 Å².